The van der Waals surface area contributed by atoms with E-state index in [0.29, 0.717) is 44.1 Å². The van der Waals surface area contributed by atoms with Crippen LogP contribution in [0.5, 0.6) is 0 Å². The molecule has 10 heteroatoms. The summed E-state index contributed by atoms with van der Waals surface area (Å²) in [7, 11) is -3.86. The van der Waals surface area contributed by atoms with Gasteiger partial charge in [0.25, 0.3) is 5.91 Å². The van der Waals surface area contributed by atoms with Crippen LogP contribution >= 0.6 is 0 Å². The summed E-state index contributed by atoms with van der Waals surface area (Å²) in [6.45, 7) is 0.694. The van der Waals surface area contributed by atoms with Gasteiger partial charge in [0.05, 0.1) is 41.0 Å². The van der Waals surface area contributed by atoms with Crippen molar-refractivity contribution in [2.45, 2.75) is 69.6 Å². The Morgan fingerprint density at radius 1 is 0.955 bits per heavy atom. The highest BCUT2D eigenvalue weighted by atomic mass is 32.2. The number of anilines is 3. The van der Waals surface area contributed by atoms with Crippen molar-refractivity contribution < 1.29 is 23.1 Å². The molecule has 2 amide bonds. The van der Waals surface area contributed by atoms with Gasteiger partial charge in [-0.05, 0) is 55.5 Å². The second kappa shape index (κ2) is 14.4. The summed E-state index contributed by atoms with van der Waals surface area (Å²) < 4.78 is 27.6. The average Bonchev–Trinajstić information content (AvgIpc) is 3.45. The van der Waals surface area contributed by atoms with Crippen molar-refractivity contribution in [3.05, 3.63) is 90.0 Å². The number of benzene rings is 3. The maximum absolute atomic E-state index is 14.2. The molecule has 1 saturated heterocycles. The van der Waals surface area contributed by atoms with E-state index in [4.69, 9.17) is 0 Å². The van der Waals surface area contributed by atoms with E-state index in [1.165, 1.54) is 28.5 Å². The summed E-state index contributed by atoms with van der Waals surface area (Å²) in [5.41, 5.74) is 2.00. The quantitative estimate of drug-likeness (QED) is 0.274. The first-order chi connectivity index (χ1) is 21.2. The van der Waals surface area contributed by atoms with Gasteiger partial charge in [0, 0.05) is 25.6 Å². The predicted molar refractivity (Wildman–Crippen MR) is 174 cm³/mol. The number of nitrogens with one attached hydrogen (secondary N) is 2. The van der Waals surface area contributed by atoms with Crippen LogP contribution in [0.3, 0.4) is 0 Å². The minimum atomic E-state index is -3.86. The Hall–Kier alpha value is -3.73. The Morgan fingerprint density at radius 2 is 1.64 bits per heavy atom. The van der Waals surface area contributed by atoms with Crippen LogP contribution < -0.4 is 19.8 Å². The van der Waals surface area contributed by atoms with Crippen LogP contribution in [0.1, 0.15) is 60.9 Å². The zero-order chi connectivity index (χ0) is 31.1. The first-order valence-electron chi connectivity index (χ1n) is 15.5. The first kappa shape index (κ1) is 31.7. The lowest BCUT2D eigenvalue weighted by Crippen LogP contribution is -2.50. The number of hydrogen-bond donors (Lipinski definition) is 3. The molecule has 0 unspecified atom stereocenters. The molecular weight excluding hydrogens is 576 g/mol. The molecule has 3 aromatic carbocycles. The SMILES string of the molecule is CS(=O)(=O)N(c1ccccc1)c1cccc(C(=O)N[C@@H](Cc2ccccc2)[C@H](O)CNC2CCCCC2)c1N1CCCC1=O. The number of aliphatic hydroxyl groups is 1. The molecule has 0 bridgehead atoms. The van der Waals surface area contributed by atoms with Crippen molar-refractivity contribution in [3.8, 4) is 0 Å². The molecule has 0 spiro atoms. The lowest BCUT2D eigenvalue weighted by atomic mass is 9.94. The molecule has 1 heterocycles. The fourth-order valence-corrected chi connectivity index (χ4v) is 7.26. The standard InChI is InChI=1S/C34H42N4O5S/c1-44(42,43)38(27-17-9-4-10-18-27)30-20-11-19-28(33(30)37-22-12-21-32(37)40)34(41)36-29(23-25-13-5-2-6-14-25)31(39)24-35-26-15-7-3-8-16-26/h2,4-6,9-11,13-14,17-20,26,29,31,35,39H,3,7-8,12,15-16,21-24H2,1H3,(H,36,41)/t29-,31+/m0/s1. The molecule has 1 saturated carbocycles. The summed E-state index contributed by atoms with van der Waals surface area (Å²) in [6.07, 6.45) is 7.24. The number of rotatable bonds is 12. The smallest absolute Gasteiger partial charge is 0.253 e. The summed E-state index contributed by atoms with van der Waals surface area (Å²) in [6, 6.07) is 22.9. The summed E-state index contributed by atoms with van der Waals surface area (Å²) >= 11 is 0. The van der Waals surface area contributed by atoms with Crippen LogP contribution in [0.25, 0.3) is 0 Å². The third-order valence-electron chi connectivity index (χ3n) is 8.44. The average molecular weight is 619 g/mol. The molecule has 5 rings (SSSR count). The van der Waals surface area contributed by atoms with Crippen molar-refractivity contribution in [2.75, 3.05) is 28.6 Å². The molecule has 3 N–H and O–H groups in total. The Morgan fingerprint density at radius 3 is 2.27 bits per heavy atom. The molecule has 44 heavy (non-hydrogen) atoms. The number of carbonyl (C=O) groups is 2. The van der Waals surface area contributed by atoms with E-state index >= 15 is 0 Å². The van der Waals surface area contributed by atoms with Crippen molar-refractivity contribution in [1.82, 2.24) is 10.6 Å². The molecule has 9 nitrogen and oxygen atoms in total. The second-order valence-corrected chi connectivity index (χ2v) is 13.6. The summed E-state index contributed by atoms with van der Waals surface area (Å²) in [5, 5.41) is 17.9. The van der Waals surface area contributed by atoms with Crippen molar-refractivity contribution in [3.63, 3.8) is 0 Å². The van der Waals surface area contributed by atoms with Crippen LogP contribution in [-0.4, -0.2) is 62.9 Å². The molecule has 1 aliphatic carbocycles. The van der Waals surface area contributed by atoms with Crippen LogP contribution in [0.15, 0.2) is 78.9 Å². The minimum Gasteiger partial charge on any atom is -0.390 e. The highest BCUT2D eigenvalue weighted by molar-refractivity contribution is 7.92. The molecule has 2 aliphatic rings. The Kier molecular flexibility index (Phi) is 10.3. The van der Waals surface area contributed by atoms with Gasteiger partial charge in [-0.15, -0.1) is 0 Å². The van der Waals surface area contributed by atoms with E-state index in [-0.39, 0.29) is 22.8 Å². The van der Waals surface area contributed by atoms with Gasteiger partial charge >= 0.3 is 0 Å². The number of hydrogen-bond acceptors (Lipinski definition) is 6. The van der Waals surface area contributed by atoms with Crippen LogP contribution in [0.4, 0.5) is 17.1 Å². The third-order valence-corrected chi connectivity index (χ3v) is 9.51. The van der Waals surface area contributed by atoms with Crippen molar-refractivity contribution in [2.24, 2.45) is 0 Å². The fraction of sp³-hybridized carbons (Fsp3) is 0.412. The van der Waals surface area contributed by atoms with E-state index in [2.05, 4.69) is 10.6 Å². The monoisotopic (exact) mass is 618 g/mol. The maximum Gasteiger partial charge on any atom is 0.253 e. The van der Waals surface area contributed by atoms with E-state index in [0.717, 1.165) is 24.7 Å². The zero-order valence-corrected chi connectivity index (χ0v) is 26.0. The number of sulfonamides is 1. The zero-order valence-electron chi connectivity index (χ0n) is 25.2. The van der Waals surface area contributed by atoms with Crippen molar-refractivity contribution in [1.29, 1.82) is 0 Å². The fourth-order valence-electron chi connectivity index (χ4n) is 6.25. The van der Waals surface area contributed by atoms with E-state index in [1.807, 2.05) is 30.3 Å². The lowest BCUT2D eigenvalue weighted by Gasteiger charge is -2.31. The minimum absolute atomic E-state index is 0.174. The molecular formula is C34H42N4O5S. The highest BCUT2D eigenvalue weighted by Crippen LogP contribution is 2.40. The maximum atomic E-state index is 14.2. The van der Waals surface area contributed by atoms with E-state index in [1.54, 1.807) is 48.5 Å². The number of amides is 2. The van der Waals surface area contributed by atoms with Crippen LogP contribution in [0, 0.1) is 0 Å². The predicted octanol–water partition coefficient (Wildman–Crippen LogP) is 4.54. The molecule has 0 aromatic heterocycles. The van der Waals surface area contributed by atoms with Gasteiger partial charge in [-0.3, -0.25) is 9.59 Å². The summed E-state index contributed by atoms with van der Waals surface area (Å²) in [4.78, 5) is 28.8. The highest BCUT2D eigenvalue weighted by Gasteiger charge is 2.34. The van der Waals surface area contributed by atoms with Crippen molar-refractivity contribution >= 4 is 38.9 Å². The number of para-hydroxylation sites is 2. The van der Waals surface area contributed by atoms with Gasteiger partial charge in [0.2, 0.25) is 15.9 Å². The molecule has 1 aliphatic heterocycles. The lowest BCUT2D eigenvalue weighted by molar-refractivity contribution is -0.117. The third kappa shape index (κ3) is 7.67. The molecule has 234 valence electrons. The second-order valence-electron chi connectivity index (χ2n) is 11.8. The normalized spacial score (nSPS) is 17.3. The molecule has 2 fully saturated rings. The van der Waals surface area contributed by atoms with Gasteiger partial charge in [-0.1, -0.05) is 73.9 Å². The molecule has 0 radical (unpaired) electrons. The number of carbonyl (C=O) groups excluding carboxylic acids is 2. The van der Waals surface area contributed by atoms with Gasteiger partial charge < -0.3 is 20.6 Å². The van der Waals surface area contributed by atoms with Crippen LogP contribution in [-0.2, 0) is 21.2 Å². The van der Waals surface area contributed by atoms with E-state index in [9.17, 15) is 23.1 Å². The summed E-state index contributed by atoms with van der Waals surface area (Å²) in [5.74, 6) is -0.661. The number of nitrogens with zero attached hydrogens (tertiary/aromatic N) is 2. The largest absolute Gasteiger partial charge is 0.390 e. The Bertz CT molecular complexity index is 1530. The molecule has 3 aromatic rings. The van der Waals surface area contributed by atoms with E-state index < -0.39 is 28.1 Å². The first-order valence-corrected chi connectivity index (χ1v) is 17.3. The van der Waals surface area contributed by atoms with Gasteiger partial charge in [-0.2, -0.15) is 0 Å². The van der Waals surface area contributed by atoms with Gasteiger partial charge in [0.15, 0.2) is 0 Å². The van der Waals surface area contributed by atoms with Gasteiger partial charge in [0.1, 0.15) is 0 Å². The molecule has 2 atom stereocenters. The van der Waals surface area contributed by atoms with Gasteiger partial charge in [-0.25, -0.2) is 12.7 Å². The number of aliphatic hydroxyl groups excluding tert-OH is 1. The Labute approximate surface area is 260 Å². The topological polar surface area (TPSA) is 119 Å². The van der Waals surface area contributed by atoms with Crippen LogP contribution in [0.2, 0.25) is 0 Å². The Balaban J connectivity index is 1.50.